The number of rotatable bonds is 5. The van der Waals surface area contributed by atoms with Crippen LogP contribution in [-0.2, 0) is 14.3 Å². The van der Waals surface area contributed by atoms with E-state index in [1.165, 1.54) is 18.4 Å². The Hall–Kier alpha value is -2.62. The van der Waals surface area contributed by atoms with Crippen molar-refractivity contribution in [2.45, 2.75) is 50.3 Å². The van der Waals surface area contributed by atoms with Crippen LogP contribution >= 0.6 is 0 Å². The van der Waals surface area contributed by atoms with Crippen LogP contribution in [0.5, 0.6) is 5.88 Å². The molecule has 10 heteroatoms. The lowest BCUT2D eigenvalue weighted by atomic mass is 9.81. The molecule has 1 atom stereocenters. The monoisotopic (exact) mass is 456 g/mol. The van der Waals surface area contributed by atoms with Gasteiger partial charge in [0.05, 0.1) is 19.7 Å². The number of carboxylic acids is 1. The zero-order valence-electron chi connectivity index (χ0n) is 17.6. The lowest BCUT2D eigenvalue weighted by Crippen LogP contribution is -2.66. The van der Waals surface area contributed by atoms with E-state index in [4.69, 9.17) is 19.4 Å². The lowest BCUT2D eigenvalue weighted by Gasteiger charge is -2.50. The van der Waals surface area contributed by atoms with Gasteiger partial charge < -0.3 is 19.5 Å². The summed E-state index contributed by atoms with van der Waals surface area (Å²) in [7, 11) is 0. The van der Waals surface area contributed by atoms with Gasteiger partial charge in [-0.1, -0.05) is 17.7 Å². The Morgan fingerprint density at radius 3 is 2.62 bits per heavy atom. The first-order valence-corrected chi connectivity index (χ1v) is 10.6. The van der Waals surface area contributed by atoms with E-state index in [2.05, 4.69) is 11.1 Å². The summed E-state index contributed by atoms with van der Waals surface area (Å²) in [6.45, 7) is 2.76. The number of ether oxygens (including phenoxy) is 2. The summed E-state index contributed by atoms with van der Waals surface area (Å²) in [6.07, 6.45) is 5.18. The second-order valence-corrected chi connectivity index (χ2v) is 8.22. The van der Waals surface area contributed by atoms with Crippen molar-refractivity contribution in [2.24, 2.45) is 5.92 Å². The summed E-state index contributed by atoms with van der Waals surface area (Å²) in [5, 5.41) is 7.12. The maximum Gasteiger partial charge on any atom is 0.490 e. The predicted molar refractivity (Wildman–Crippen MR) is 108 cm³/mol. The summed E-state index contributed by atoms with van der Waals surface area (Å²) < 4.78 is 43.6. The molecule has 0 bridgehead atoms. The largest absolute Gasteiger partial charge is 0.490 e. The van der Waals surface area contributed by atoms with Gasteiger partial charge in [-0.2, -0.15) is 13.2 Å². The highest BCUT2D eigenvalue weighted by molar-refractivity contribution is 5.80. The van der Waals surface area contributed by atoms with Crippen LogP contribution in [0, 0.1) is 5.92 Å². The van der Waals surface area contributed by atoms with E-state index in [0.29, 0.717) is 37.9 Å². The van der Waals surface area contributed by atoms with Crippen molar-refractivity contribution in [1.29, 1.82) is 0 Å². The molecule has 1 aromatic heterocycles. The van der Waals surface area contributed by atoms with Crippen LogP contribution in [0.15, 0.2) is 36.0 Å². The molecule has 3 aliphatic rings. The van der Waals surface area contributed by atoms with Crippen LogP contribution in [0.1, 0.15) is 38.5 Å². The fraction of sp³-hybridized carbons (Fsp3) is 0.591. The van der Waals surface area contributed by atoms with Crippen molar-refractivity contribution in [1.82, 2.24) is 9.88 Å². The molecule has 1 aromatic rings. The Morgan fingerprint density at radius 1 is 1.28 bits per heavy atom. The molecule has 2 fully saturated rings. The topological polar surface area (TPSA) is 89.0 Å². The molecule has 2 saturated heterocycles. The van der Waals surface area contributed by atoms with Crippen LogP contribution in [-0.4, -0.2) is 64.9 Å². The SMILES string of the molecule is O=C(CC1=CCCCC1)N1CC2(C1)OCCC2COc1ccccn1.O=C(O)C(F)(F)F. The molecule has 1 amide bonds. The summed E-state index contributed by atoms with van der Waals surface area (Å²) in [6, 6.07) is 5.67. The van der Waals surface area contributed by atoms with Crippen LogP contribution < -0.4 is 4.74 Å². The minimum atomic E-state index is -5.08. The quantitative estimate of drug-likeness (QED) is 0.681. The van der Waals surface area contributed by atoms with Crippen LogP contribution in [0.2, 0.25) is 0 Å². The Balaban J connectivity index is 0.000000360. The van der Waals surface area contributed by atoms with Crippen LogP contribution in [0.25, 0.3) is 0 Å². The van der Waals surface area contributed by atoms with E-state index in [9.17, 15) is 18.0 Å². The number of pyridine rings is 1. The molecule has 1 aliphatic carbocycles. The number of aromatic nitrogens is 1. The van der Waals surface area contributed by atoms with E-state index in [0.717, 1.165) is 25.9 Å². The summed E-state index contributed by atoms with van der Waals surface area (Å²) in [5.41, 5.74) is 1.12. The van der Waals surface area contributed by atoms with Crippen molar-refractivity contribution in [3.63, 3.8) is 0 Å². The number of carboxylic acid groups (broad SMARTS) is 1. The maximum absolute atomic E-state index is 12.5. The third-order valence-electron chi connectivity index (χ3n) is 5.95. The van der Waals surface area contributed by atoms with Gasteiger partial charge in [0.1, 0.15) is 5.60 Å². The maximum atomic E-state index is 12.5. The van der Waals surface area contributed by atoms with Gasteiger partial charge in [0.2, 0.25) is 11.8 Å². The summed E-state index contributed by atoms with van der Waals surface area (Å²) >= 11 is 0. The molecule has 1 unspecified atom stereocenters. The molecule has 0 radical (unpaired) electrons. The van der Waals surface area contributed by atoms with E-state index < -0.39 is 12.1 Å². The number of hydrogen-bond acceptors (Lipinski definition) is 5. The molecule has 7 nitrogen and oxygen atoms in total. The first-order chi connectivity index (χ1) is 15.2. The van der Waals surface area contributed by atoms with Crippen LogP contribution in [0.4, 0.5) is 13.2 Å². The minimum absolute atomic E-state index is 0.203. The van der Waals surface area contributed by atoms with Crippen molar-refractivity contribution in [3.8, 4) is 5.88 Å². The Morgan fingerprint density at radius 2 is 2.03 bits per heavy atom. The van der Waals surface area contributed by atoms with E-state index in [1.54, 1.807) is 6.20 Å². The van der Waals surface area contributed by atoms with E-state index in [1.807, 2.05) is 23.1 Å². The van der Waals surface area contributed by atoms with Crippen molar-refractivity contribution in [3.05, 3.63) is 36.0 Å². The second kappa shape index (κ2) is 10.3. The highest BCUT2D eigenvalue weighted by atomic mass is 19.4. The molecule has 2 aliphatic heterocycles. The van der Waals surface area contributed by atoms with Gasteiger partial charge in [0.25, 0.3) is 0 Å². The number of carbonyl (C=O) groups excluding carboxylic acids is 1. The predicted octanol–water partition coefficient (Wildman–Crippen LogP) is 3.60. The van der Waals surface area contributed by atoms with Gasteiger partial charge in [-0.05, 0) is 38.2 Å². The molecular weight excluding hydrogens is 429 g/mol. The molecule has 176 valence electrons. The third-order valence-corrected chi connectivity index (χ3v) is 5.95. The first kappa shape index (κ1) is 24.0. The third kappa shape index (κ3) is 6.21. The zero-order chi connectivity index (χ0) is 23.2. The number of aliphatic carboxylic acids is 1. The number of amides is 1. The van der Waals surface area contributed by atoms with Gasteiger partial charge in [0.15, 0.2) is 0 Å². The average Bonchev–Trinajstić information content (AvgIpc) is 3.16. The zero-order valence-corrected chi connectivity index (χ0v) is 17.6. The van der Waals surface area contributed by atoms with Gasteiger partial charge in [0, 0.05) is 31.2 Å². The number of nitrogens with zero attached hydrogens (tertiary/aromatic N) is 2. The first-order valence-electron chi connectivity index (χ1n) is 10.6. The molecule has 1 spiro atoms. The highest BCUT2D eigenvalue weighted by Gasteiger charge is 2.54. The fourth-order valence-corrected chi connectivity index (χ4v) is 4.14. The average molecular weight is 456 g/mol. The van der Waals surface area contributed by atoms with E-state index in [-0.39, 0.29) is 11.5 Å². The molecule has 0 aromatic carbocycles. The second-order valence-electron chi connectivity index (χ2n) is 8.22. The number of hydrogen-bond donors (Lipinski definition) is 1. The van der Waals surface area contributed by atoms with Crippen molar-refractivity contribution >= 4 is 11.9 Å². The standard InChI is InChI=1S/C20H26N2O3.C2HF3O2/c23-19(12-16-6-2-1-3-7-16)22-14-20(15-22)17(9-11-25-20)13-24-18-8-4-5-10-21-18;3-2(4,5)1(6)7/h4-6,8,10,17H,1-3,7,9,11-15H2;(H,6,7). The highest BCUT2D eigenvalue weighted by Crippen LogP contribution is 2.40. The molecular formula is C22H27F3N2O5. The number of halogens is 3. The summed E-state index contributed by atoms with van der Waals surface area (Å²) in [4.78, 5) is 27.6. The molecule has 3 heterocycles. The molecule has 4 rings (SSSR count). The van der Waals surface area contributed by atoms with Crippen LogP contribution in [0.3, 0.4) is 0 Å². The Labute approximate surface area is 184 Å². The molecule has 1 N–H and O–H groups in total. The number of allylic oxidation sites excluding steroid dienone is 1. The molecule has 0 saturated carbocycles. The number of likely N-dealkylation sites (tertiary alicyclic amines) is 1. The minimum Gasteiger partial charge on any atom is -0.477 e. The fourth-order valence-electron chi connectivity index (χ4n) is 4.14. The smallest absolute Gasteiger partial charge is 0.477 e. The van der Waals surface area contributed by atoms with Gasteiger partial charge in [-0.15, -0.1) is 0 Å². The summed E-state index contributed by atoms with van der Waals surface area (Å²) in [5.74, 6) is -1.53. The number of alkyl halides is 3. The number of carbonyl (C=O) groups is 2. The Bertz CT molecular complexity index is 823. The normalized spacial score (nSPS) is 21.8. The van der Waals surface area contributed by atoms with Crippen molar-refractivity contribution < 1.29 is 37.3 Å². The lowest BCUT2D eigenvalue weighted by molar-refractivity contribution is -0.192. The van der Waals surface area contributed by atoms with E-state index >= 15 is 0 Å². The van der Waals surface area contributed by atoms with Crippen molar-refractivity contribution in [2.75, 3.05) is 26.3 Å². The molecule has 32 heavy (non-hydrogen) atoms. The Kier molecular flexibility index (Phi) is 7.76. The van der Waals surface area contributed by atoms with Gasteiger partial charge >= 0.3 is 12.1 Å². The van der Waals surface area contributed by atoms with Gasteiger partial charge in [-0.25, -0.2) is 9.78 Å². The van der Waals surface area contributed by atoms with Gasteiger partial charge in [-0.3, -0.25) is 4.79 Å².